The van der Waals surface area contributed by atoms with Crippen LogP contribution in [0.3, 0.4) is 0 Å². The standard InChI is InChI=1S/C13H20O2/c1-5-12(14)7-11-6-8(2)13(15)10(4)9(11)3/h6,12,14-15H,5,7H2,1-4H3. The largest absolute Gasteiger partial charge is 0.507 e. The summed E-state index contributed by atoms with van der Waals surface area (Å²) in [6, 6.07) is 1.97. The van der Waals surface area contributed by atoms with Crippen LogP contribution >= 0.6 is 0 Å². The van der Waals surface area contributed by atoms with Gasteiger partial charge < -0.3 is 10.2 Å². The molecule has 2 nitrogen and oxygen atoms in total. The zero-order valence-electron chi connectivity index (χ0n) is 9.96. The van der Waals surface area contributed by atoms with Gasteiger partial charge in [0.25, 0.3) is 0 Å². The van der Waals surface area contributed by atoms with Crippen molar-refractivity contribution < 1.29 is 10.2 Å². The topological polar surface area (TPSA) is 40.5 Å². The summed E-state index contributed by atoms with van der Waals surface area (Å²) in [5.41, 5.74) is 4.03. The molecule has 84 valence electrons. The Balaban J connectivity index is 3.09. The fourth-order valence-electron chi connectivity index (χ4n) is 1.76. The van der Waals surface area contributed by atoms with E-state index in [-0.39, 0.29) is 6.10 Å². The van der Waals surface area contributed by atoms with Crippen LogP contribution in [0.4, 0.5) is 0 Å². The lowest BCUT2D eigenvalue weighted by Crippen LogP contribution is -2.10. The summed E-state index contributed by atoms with van der Waals surface area (Å²) in [6.07, 6.45) is 1.15. The highest BCUT2D eigenvalue weighted by Crippen LogP contribution is 2.28. The first-order valence-corrected chi connectivity index (χ1v) is 5.44. The maximum atomic E-state index is 9.74. The van der Waals surface area contributed by atoms with Crippen molar-refractivity contribution >= 4 is 0 Å². The first-order valence-electron chi connectivity index (χ1n) is 5.44. The fraction of sp³-hybridized carbons (Fsp3) is 0.538. The predicted octanol–water partition coefficient (Wildman–Crippen LogP) is 2.63. The number of aliphatic hydroxyl groups is 1. The Labute approximate surface area is 91.6 Å². The molecular formula is C13H20O2. The molecule has 1 aromatic carbocycles. The summed E-state index contributed by atoms with van der Waals surface area (Å²) >= 11 is 0. The third-order valence-corrected chi connectivity index (χ3v) is 3.09. The summed E-state index contributed by atoms with van der Waals surface area (Å²) in [7, 11) is 0. The van der Waals surface area contributed by atoms with Gasteiger partial charge in [0, 0.05) is 0 Å². The maximum Gasteiger partial charge on any atom is 0.121 e. The van der Waals surface area contributed by atoms with Gasteiger partial charge in [-0.25, -0.2) is 0 Å². The van der Waals surface area contributed by atoms with Crippen LogP contribution in [0, 0.1) is 20.8 Å². The summed E-state index contributed by atoms with van der Waals surface area (Å²) in [5.74, 6) is 0.377. The Bertz CT molecular complexity index is 356. The maximum absolute atomic E-state index is 9.74. The molecule has 2 N–H and O–H groups in total. The van der Waals surface area contributed by atoms with Gasteiger partial charge in [-0.3, -0.25) is 0 Å². The van der Waals surface area contributed by atoms with Crippen LogP contribution in [0.1, 0.15) is 35.6 Å². The van der Waals surface area contributed by atoms with Gasteiger partial charge in [-0.15, -0.1) is 0 Å². The number of hydrogen-bond acceptors (Lipinski definition) is 2. The van der Waals surface area contributed by atoms with E-state index < -0.39 is 0 Å². The monoisotopic (exact) mass is 208 g/mol. The predicted molar refractivity (Wildman–Crippen MR) is 62.3 cm³/mol. The lowest BCUT2D eigenvalue weighted by molar-refractivity contribution is 0.170. The summed E-state index contributed by atoms with van der Waals surface area (Å²) < 4.78 is 0. The number of hydrogen-bond donors (Lipinski definition) is 2. The van der Waals surface area contributed by atoms with Gasteiger partial charge in [0.05, 0.1) is 6.10 Å². The van der Waals surface area contributed by atoms with Crippen molar-refractivity contribution in [3.05, 3.63) is 28.3 Å². The number of aromatic hydroxyl groups is 1. The van der Waals surface area contributed by atoms with Crippen LogP contribution in [-0.4, -0.2) is 16.3 Å². The minimum Gasteiger partial charge on any atom is -0.507 e. The van der Waals surface area contributed by atoms with Crippen LogP contribution in [0.15, 0.2) is 6.07 Å². The van der Waals surface area contributed by atoms with E-state index in [1.165, 1.54) is 0 Å². The lowest BCUT2D eigenvalue weighted by atomic mass is 9.94. The van der Waals surface area contributed by atoms with Crippen LogP contribution in [0.25, 0.3) is 0 Å². The minimum atomic E-state index is -0.285. The SMILES string of the molecule is CCC(O)Cc1cc(C)c(O)c(C)c1C. The number of phenolic OH excluding ortho intramolecular Hbond substituents is 1. The smallest absolute Gasteiger partial charge is 0.121 e. The molecule has 2 heteroatoms. The lowest BCUT2D eigenvalue weighted by Gasteiger charge is -2.15. The Morgan fingerprint density at radius 3 is 2.33 bits per heavy atom. The second-order valence-corrected chi connectivity index (χ2v) is 4.22. The molecule has 0 aromatic heterocycles. The minimum absolute atomic E-state index is 0.285. The Morgan fingerprint density at radius 2 is 1.80 bits per heavy atom. The number of rotatable bonds is 3. The average Bonchev–Trinajstić information content (AvgIpc) is 2.22. The van der Waals surface area contributed by atoms with E-state index in [9.17, 15) is 10.2 Å². The molecule has 0 fully saturated rings. The molecule has 0 aliphatic carbocycles. The highest BCUT2D eigenvalue weighted by molar-refractivity contribution is 5.48. The summed E-state index contributed by atoms with van der Waals surface area (Å²) in [4.78, 5) is 0. The van der Waals surface area contributed by atoms with Gasteiger partial charge in [0.1, 0.15) is 5.75 Å². The Morgan fingerprint density at radius 1 is 1.20 bits per heavy atom. The van der Waals surface area contributed by atoms with Crippen molar-refractivity contribution in [2.75, 3.05) is 0 Å². The molecular weight excluding hydrogens is 188 g/mol. The van der Waals surface area contributed by atoms with Crippen molar-refractivity contribution in [3.8, 4) is 5.75 Å². The number of benzene rings is 1. The average molecular weight is 208 g/mol. The molecule has 1 atom stereocenters. The third kappa shape index (κ3) is 2.51. The molecule has 0 radical (unpaired) electrons. The van der Waals surface area contributed by atoms with E-state index in [1.807, 2.05) is 33.8 Å². The molecule has 0 amide bonds. The van der Waals surface area contributed by atoms with Crippen molar-refractivity contribution in [1.82, 2.24) is 0 Å². The zero-order chi connectivity index (χ0) is 11.6. The van der Waals surface area contributed by atoms with Crippen LogP contribution in [0.2, 0.25) is 0 Å². The van der Waals surface area contributed by atoms with E-state index in [0.29, 0.717) is 12.2 Å². The van der Waals surface area contributed by atoms with E-state index in [0.717, 1.165) is 28.7 Å². The number of aryl methyl sites for hydroxylation is 1. The van der Waals surface area contributed by atoms with E-state index in [4.69, 9.17) is 0 Å². The van der Waals surface area contributed by atoms with E-state index >= 15 is 0 Å². The molecule has 0 saturated carbocycles. The highest BCUT2D eigenvalue weighted by atomic mass is 16.3. The first-order chi connectivity index (χ1) is 6.97. The third-order valence-electron chi connectivity index (χ3n) is 3.09. The zero-order valence-corrected chi connectivity index (χ0v) is 9.96. The normalized spacial score (nSPS) is 12.9. The van der Waals surface area contributed by atoms with E-state index in [1.54, 1.807) is 0 Å². The Kier molecular flexibility index (Phi) is 3.75. The second kappa shape index (κ2) is 4.67. The van der Waals surface area contributed by atoms with Gasteiger partial charge >= 0.3 is 0 Å². The van der Waals surface area contributed by atoms with Crippen molar-refractivity contribution in [1.29, 1.82) is 0 Å². The highest BCUT2D eigenvalue weighted by Gasteiger charge is 2.11. The molecule has 1 rings (SSSR count). The van der Waals surface area contributed by atoms with Crippen molar-refractivity contribution in [3.63, 3.8) is 0 Å². The molecule has 0 aliphatic heterocycles. The fourth-order valence-corrected chi connectivity index (χ4v) is 1.76. The molecule has 0 spiro atoms. The summed E-state index contributed by atoms with van der Waals surface area (Å²) in [6.45, 7) is 7.77. The Hall–Kier alpha value is -1.02. The second-order valence-electron chi connectivity index (χ2n) is 4.22. The molecule has 0 heterocycles. The van der Waals surface area contributed by atoms with Crippen LogP contribution in [0.5, 0.6) is 5.75 Å². The first kappa shape index (κ1) is 12.1. The summed E-state index contributed by atoms with van der Waals surface area (Å²) in [5, 5.41) is 19.4. The van der Waals surface area contributed by atoms with E-state index in [2.05, 4.69) is 0 Å². The number of phenols is 1. The van der Waals surface area contributed by atoms with Gasteiger partial charge in [-0.05, 0) is 55.9 Å². The molecule has 0 saturated heterocycles. The number of aliphatic hydroxyl groups excluding tert-OH is 1. The van der Waals surface area contributed by atoms with Gasteiger partial charge in [-0.1, -0.05) is 13.0 Å². The van der Waals surface area contributed by atoms with Crippen molar-refractivity contribution in [2.45, 2.75) is 46.6 Å². The molecule has 1 unspecified atom stereocenters. The van der Waals surface area contributed by atoms with Crippen molar-refractivity contribution in [2.24, 2.45) is 0 Å². The van der Waals surface area contributed by atoms with Gasteiger partial charge in [0.2, 0.25) is 0 Å². The molecule has 15 heavy (non-hydrogen) atoms. The van der Waals surface area contributed by atoms with Crippen LogP contribution in [-0.2, 0) is 6.42 Å². The van der Waals surface area contributed by atoms with Gasteiger partial charge in [-0.2, -0.15) is 0 Å². The molecule has 0 bridgehead atoms. The van der Waals surface area contributed by atoms with Gasteiger partial charge in [0.15, 0.2) is 0 Å². The molecule has 0 aliphatic rings. The quantitative estimate of drug-likeness (QED) is 0.801. The van der Waals surface area contributed by atoms with Crippen LogP contribution < -0.4 is 0 Å². The molecule has 1 aromatic rings.